The molecule has 9 nitrogen and oxygen atoms in total. The van der Waals surface area contributed by atoms with E-state index in [1.54, 1.807) is 0 Å². The molecule has 0 aliphatic rings. The maximum Gasteiger partial charge on any atom is 0.323 e. The van der Waals surface area contributed by atoms with Crippen molar-refractivity contribution in [1.82, 2.24) is 5.32 Å². The highest BCUT2D eigenvalue weighted by Gasteiger charge is 2.31. The van der Waals surface area contributed by atoms with Crippen LogP contribution in [0.3, 0.4) is 0 Å². The lowest BCUT2D eigenvalue weighted by molar-refractivity contribution is -0.143. The Morgan fingerprint density at radius 2 is 1.68 bits per heavy atom. The van der Waals surface area contributed by atoms with Crippen LogP contribution in [-0.2, 0) is 9.59 Å². The van der Waals surface area contributed by atoms with Crippen molar-refractivity contribution in [3.8, 4) is 0 Å². The maximum atomic E-state index is 11.4. The topological polar surface area (TPSA) is 168 Å². The average Bonchev–Trinajstić information content (AvgIpc) is 2.34. The minimum absolute atomic E-state index is 0.627. The fourth-order valence-electron chi connectivity index (χ4n) is 1.29. The quantitative estimate of drug-likeness (QED) is 0.209. The van der Waals surface area contributed by atoms with Gasteiger partial charge in [-0.25, -0.2) is 0 Å². The van der Waals surface area contributed by atoms with Crippen LogP contribution >= 0.6 is 0 Å². The molecule has 9 heteroatoms. The van der Waals surface area contributed by atoms with Crippen LogP contribution in [0.4, 0.5) is 0 Å². The highest BCUT2D eigenvalue weighted by molar-refractivity contribution is 5.86. The second-order valence-electron chi connectivity index (χ2n) is 4.09. The standard InChI is InChI=1S/C10H19NO8/c1-4(13)7(10(18)19)11-2-5(14)8(16)9(17)6(15)3-12/h4,6-9,11-13,15-17H,2-3H2,1H3,(H,18,19)/t4?,6-,7+,8-,9-/m1/s1/i2+1,3+1,5+1,6+1,8+1,9+1. The number of aliphatic hydroxyl groups is 5. The molecule has 0 aromatic carbocycles. The smallest absolute Gasteiger partial charge is 0.323 e. The number of carbonyl (C=O) groups is 2. The second-order valence-corrected chi connectivity index (χ2v) is 4.09. The molecule has 19 heavy (non-hydrogen) atoms. The number of carboxylic acid groups (broad SMARTS) is 1. The SMILES string of the molecule is CC(O)[C@H](N[13CH2][13C](=O)[13C@@H](O)[13C@H](O)[13C@H](O)[13CH2]O)C(=O)O. The summed E-state index contributed by atoms with van der Waals surface area (Å²) < 4.78 is 0. The van der Waals surface area contributed by atoms with Gasteiger partial charge in [0.05, 0.1) is 19.3 Å². The normalized spacial score (nSPS) is 19.3. The van der Waals surface area contributed by atoms with Gasteiger partial charge in [-0.2, -0.15) is 0 Å². The number of Topliss-reactive ketones (excluding diaryl/α,β-unsaturated/α-hetero) is 1. The monoisotopic (exact) mass is 287 g/mol. The fourth-order valence-corrected chi connectivity index (χ4v) is 1.29. The number of carbonyl (C=O) groups excluding carboxylic acids is 1. The third-order valence-corrected chi connectivity index (χ3v) is 2.48. The Kier molecular flexibility index (Phi) is 7.68. The van der Waals surface area contributed by atoms with E-state index in [-0.39, 0.29) is 0 Å². The van der Waals surface area contributed by atoms with E-state index in [2.05, 4.69) is 5.32 Å². The number of nitrogens with one attached hydrogen (secondary N) is 1. The molecule has 0 aliphatic carbocycles. The Morgan fingerprint density at radius 3 is 2.05 bits per heavy atom. The molecule has 1 unspecified atom stereocenters. The van der Waals surface area contributed by atoms with E-state index >= 15 is 0 Å². The molecule has 0 bridgehead atoms. The van der Waals surface area contributed by atoms with Gasteiger partial charge in [-0.05, 0) is 6.92 Å². The van der Waals surface area contributed by atoms with E-state index in [1.807, 2.05) is 0 Å². The van der Waals surface area contributed by atoms with Gasteiger partial charge in [0.2, 0.25) is 0 Å². The van der Waals surface area contributed by atoms with Crippen LogP contribution < -0.4 is 5.32 Å². The summed E-state index contributed by atoms with van der Waals surface area (Å²) in [5.41, 5.74) is 0. The van der Waals surface area contributed by atoms with E-state index in [4.69, 9.17) is 20.4 Å². The van der Waals surface area contributed by atoms with E-state index in [1.165, 1.54) is 6.92 Å². The van der Waals surface area contributed by atoms with Gasteiger partial charge in [0.15, 0.2) is 5.78 Å². The molecule has 0 saturated carbocycles. The fraction of sp³-hybridized carbons (Fsp3) is 0.800. The molecule has 0 aromatic heterocycles. The molecule has 5 atom stereocenters. The Balaban J connectivity index is 4.41. The lowest BCUT2D eigenvalue weighted by atomic mass is 10.2. The van der Waals surface area contributed by atoms with Crippen molar-refractivity contribution in [1.29, 1.82) is 0 Å². The average molecular weight is 287 g/mol. The van der Waals surface area contributed by atoms with Crippen molar-refractivity contribution in [3.05, 3.63) is 0 Å². The van der Waals surface area contributed by atoms with E-state index in [9.17, 15) is 19.8 Å². The number of ketones is 1. The van der Waals surface area contributed by atoms with Crippen LogP contribution in [0.5, 0.6) is 0 Å². The van der Waals surface area contributed by atoms with E-state index in [0.29, 0.717) is 0 Å². The molecule has 0 amide bonds. The van der Waals surface area contributed by atoms with Crippen molar-refractivity contribution >= 4 is 11.8 Å². The number of carboxylic acids is 1. The van der Waals surface area contributed by atoms with Gasteiger partial charge in [0.25, 0.3) is 0 Å². The van der Waals surface area contributed by atoms with Gasteiger partial charge in [-0.15, -0.1) is 0 Å². The molecule has 0 saturated heterocycles. The number of hydrogen-bond acceptors (Lipinski definition) is 8. The van der Waals surface area contributed by atoms with Gasteiger partial charge in [-0.3, -0.25) is 14.9 Å². The summed E-state index contributed by atoms with van der Waals surface area (Å²) in [6.45, 7) is -0.264. The molecule has 0 rings (SSSR count). The minimum atomic E-state index is -1.97. The summed E-state index contributed by atoms with van der Waals surface area (Å²) in [6, 6.07) is -1.41. The van der Waals surface area contributed by atoms with Crippen molar-refractivity contribution in [2.45, 2.75) is 37.4 Å². The first-order chi connectivity index (χ1) is 8.72. The Hall–Kier alpha value is -1.10. The molecule has 0 radical (unpaired) electrons. The van der Waals surface area contributed by atoms with E-state index in [0.717, 1.165) is 0 Å². The molecular formula is C10H19NO8. The molecular weight excluding hydrogens is 268 g/mol. The first kappa shape index (κ1) is 17.9. The molecule has 0 heterocycles. The summed E-state index contributed by atoms with van der Waals surface area (Å²) in [7, 11) is 0. The predicted molar refractivity (Wildman–Crippen MR) is 61.2 cm³/mol. The van der Waals surface area contributed by atoms with Gasteiger partial charge < -0.3 is 30.6 Å². The predicted octanol–water partition coefficient (Wildman–Crippen LogP) is -3.95. The highest BCUT2D eigenvalue weighted by atomic mass is 16.5. The Bertz CT molecular complexity index is 308. The number of aliphatic hydroxyl groups excluding tert-OH is 5. The Labute approximate surface area is 109 Å². The first-order valence-corrected chi connectivity index (χ1v) is 5.54. The summed E-state index contributed by atoms with van der Waals surface area (Å²) in [6.07, 6.45) is -6.81. The Morgan fingerprint density at radius 1 is 1.16 bits per heavy atom. The molecule has 0 fully saturated rings. The van der Waals surface area contributed by atoms with Crippen molar-refractivity contribution in [2.24, 2.45) is 0 Å². The molecule has 7 N–H and O–H groups in total. The van der Waals surface area contributed by atoms with Crippen LogP contribution in [-0.4, -0.2) is 86.0 Å². The zero-order valence-electron chi connectivity index (χ0n) is 10.3. The second kappa shape index (κ2) is 8.15. The van der Waals surface area contributed by atoms with E-state index < -0.39 is 55.4 Å². The largest absolute Gasteiger partial charge is 0.480 e. The lowest BCUT2D eigenvalue weighted by Gasteiger charge is -2.22. The highest BCUT2D eigenvalue weighted by Crippen LogP contribution is 2.02. The van der Waals surface area contributed by atoms with Crippen molar-refractivity contribution in [3.63, 3.8) is 0 Å². The first-order valence-electron chi connectivity index (χ1n) is 5.54. The number of rotatable bonds is 9. The van der Waals surface area contributed by atoms with Gasteiger partial charge in [0, 0.05) is 0 Å². The van der Waals surface area contributed by atoms with Gasteiger partial charge in [0.1, 0.15) is 24.4 Å². The summed E-state index contributed by atoms with van der Waals surface area (Å²) in [5.74, 6) is -2.36. The van der Waals surface area contributed by atoms with Crippen molar-refractivity contribution < 1.29 is 40.2 Å². The molecule has 0 aromatic rings. The summed E-state index contributed by atoms with van der Waals surface area (Å²) in [5, 5.41) is 56.2. The van der Waals surface area contributed by atoms with Crippen LogP contribution in [0.25, 0.3) is 0 Å². The molecule has 112 valence electrons. The zero-order chi connectivity index (χ0) is 15.2. The van der Waals surface area contributed by atoms with Crippen molar-refractivity contribution in [2.75, 3.05) is 13.2 Å². The van der Waals surface area contributed by atoms with Crippen LogP contribution in [0, 0.1) is 0 Å². The maximum absolute atomic E-state index is 11.4. The minimum Gasteiger partial charge on any atom is -0.480 e. The van der Waals surface area contributed by atoms with Gasteiger partial charge >= 0.3 is 5.97 Å². The number of aliphatic carboxylic acids is 1. The lowest BCUT2D eigenvalue weighted by Crippen LogP contribution is -2.51. The third kappa shape index (κ3) is 5.59. The number of hydrogen-bond donors (Lipinski definition) is 7. The van der Waals surface area contributed by atoms with Gasteiger partial charge in [-0.1, -0.05) is 0 Å². The third-order valence-electron chi connectivity index (χ3n) is 2.48. The molecule has 0 aliphatic heterocycles. The van der Waals surface area contributed by atoms with Crippen LogP contribution in [0.1, 0.15) is 6.92 Å². The summed E-state index contributed by atoms with van der Waals surface area (Å²) >= 11 is 0. The van der Waals surface area contributed by atoms with Crippen LogP contribution in [0.15, 0.2) is 0 Å². The summed E-state index contributed by atoms with van der Waals surface area (Å²) in [4.78, 5) is 22.1. The zero-order valence-corrected chi connectivity index (χ0v) is 10.3. The molecule has 0 spiro atoms. The van der Waals surface area contributed by atoms with Crippen LogP contribution in [0.2, 0.25) is 0 Å².